The van der Waals surface area contributed by atoms with Crippen molar-refractivity contribution in [1.29, 1.82) is 0 Å². The molecule has 0 saturated carbocycles. The van der Waals surface area contributed by atoms with Crippen LogP contribution in [0.15, 0.2) is 40.9 Å². The topological polar surface area (TPSA) is 83.6 Å². The van der Waals surface area contributed by atoms with Gasteiger partial charge in [-0.05, 0) is 50.1 Å². The lowest BCUT2D eigenvalue weighted by atomic mass is 9.97. The van der Waals surface area contributed by atoms with E-state index in [0.29, 0.717) is 31.6 Å². The normalized spacial score (nSPS) is 15.6. The van der Waals surface area contributed by atoms with Gasteiger partial charge in [0.1, 0.15) is 29.6 Å². The average molecular weight is 540 g/mol. The van der Waals surface area contributed by atoms with Crippen molar-refractivity contribution in [1.82, 2.24) is 19.7 Å². The number of oxime groups is 1. The minimum absolute atomic E-state index is 0.0269. The van der Waals surface area contributed by atoms with Crippen molar-refractivity contribution in [3.8, 4) is 0 Å². The molecule has 4 rings (SSSR count). The Morgan fingerprint density at radius 2 is 1.92 bits per heavy atom. The first-order chi connectivity index (χ1) is 17.6. The predicted octanol–water partition coefficient (Wildman–Crippen LogP) is 5.24. The van der Waals surface area contributed by atoms with E-state index in [4.69, 9.17) is 0 Å². The molecular weight excluding hydrogens is 517 g/mol. The van der Waals surface area contributed by atoms with Gasteiger partial charge in [-0.1, -0.05) is 11.2 Å². The number of amides is 1. The van der Waals surface area contributed by atoms with E-state index in [2.05, 4.69) is 15.2 Å². The van der Waals surface area contributed by atoms with Crippen molar-refractivity contribution in [2.24, 2.45) is 5.16 Å². The minimum Gasteiger partial charge on any atom is -0.410 e. The van der Waals surface area contributed by atoms with E-state index in [9.17, 15) is 32.0 Å². The summed E-state index contributed by atoms with van der Waals surface area (Å²) < 4.78 is 67.4. The van der Waals surface area contributed by atoms with Gasteiger partial charge in [-0.3, -0.25) is 9.48 Å². The molecule has 13 heteroatoms. The molecule has 1 N–H and O–H groups in total. The van der Waals surface area contributed by atoms with Crippen molar-refractivity contribution in [2.45, 2.75) is 38.4 Å². The zero-order chi connectivity index (χ0) is 26.7. The Labute approximate surface area is 212 Å². The van der Waals surface area contributed by atoms with Gasteiger partial charge >= 0.3 is 6.18 Å². The molecule has 1 aliphatic heterocycles. The van der Waals surface area contributed by atoms with Gasteiger partial charge in [-0.2, -0.15) is 18.3 Å². The van der Waals surface area contributed by atoms with Gasteiger partial charge in [-0.25, -0.2) is 13.8 Å². The summed E-state index contributed by atoms with van der Waals surface area (Å²) >= 11 is 1.34. The van der Waals surface area contributed by atoms with Gasteiger partial charge in [0.25, 0.3) is 0 Å². The zero-order valence-electron chi connectivity index (χ0n) is 19.5. The molecule has 1 amide bonds. The molecule has 1 aliphatic rings. The van der Waals surface area contributed by atoms with Crippen LogP contribution in [-0.4, -0.2) is 49.6 Å². The van der Waals surface area contributed by atoms with E-state index in [0.717, 1.165) is 27.9 Å². The lowest BCUT2D eigenvalue weighted by Gasteiger charge is -2.31. The SMILES string of the molecule is Cc1cc(C(F)(F)F)nn1CC(=O)N1CCC(c2nc(C(/C=C/c3c(F)cccc3F)=N\O)cs2)CC1. The Kier molecular flexibility index (Phi) is 7.71. The number of rotatable bonds is 6. The van der Waals surface area contributed by atoms with Crippen LogP contribution in [0.2, 0.25) is 0 Å². The maximum atomic E-state index is 13.8. The van der Waals surface area contributed by atoms with Crippen LogP contribution < -0.4 is 0 Å². The molecule has 0 radical (unpaired) electrons. The molecule has 0 atom stereocenters. The van der Waals surface area contributed by atoms with E-state index >= 15 is 0 Å². The summed E-state index contributed by atoms with van der Waals surface area (Å²) in [5.41, 5.74) is -0.680. The monoisotopic (exact) mass is 539 g/mol. The van der Waals surface area contributed by atoms with Crippen LogP contribution in [0.4, 0.5) is 22.0 Å². The van der Waals surface area contributed by atoms with E-state index in [1.54, 1.807) is 10.3 Å². The molecule has 2 aromatic heterocycles. The van der Waals surface area contributed by atoms with E-state index in [1.807, 2.05) is 0 Å². The second kappa shape index (κ2) is 10.8. The summed E-state index contributed by atoms with van der Waals surface area (Å²) in [5, 5.41) is 18.5. The summed E-state index contributed by atoms with van der Waals surface area (Å²) in [7, 11) is 0. The van der Waals surface area contributed by atoms with Crippen molar-refractivity contribution in [3.05, 3.63) is 75.0 Å². The summed E-state index contributed by atoms with van der Waals surface area (Å²) in [6.45, 7) is 1.99. The number of hydrogen-bond donors (Lipinski definition) is 1. The molecule has 196 valence electrons. The minimum atomic E-state index is -4.58. The Bertz CT molecular complexity index is 1320. The lowest BCUT2D eigenvalue weighted by Crippen LogP contribution is -2.40. The number of aromatic nitrogens is 3. The van der Waals surface area contributed by atoms with Crippen LogP contribution in [0, 0.1) is 18.6 Å². The molecule has 3 heterocycles. The number of hydrogen-bond acceptors (Lipinski definition) is 6. The number of alkyl halides is 3. The number of benzene rings is 1. The van der Waals surface area contributed by atoms with Gasteiger partial charge in [-0.15, -0.1) is 11.3 Å². The Morgan fingerprint density at radius 1 is 1.24 bits per heavy atom. The average Bonchev–Trinajstić information content (AvgIpc) is 3.48. The molecule has 1 saturated heterocycles. The maximum Gasteiger partial charge on any atom is 0.435 e. The number of thiazole rings is 1. The number of aryl methyl sites for hydroxylation is 1. The Hall–Kier alpha value is -3.61. The number of carbonyl (C=O) groups excluding carboxylic acids is 1. The maximum absolute atomic E-state index is 13.8. The Morgan fingerprint density at radius 3 is 2.51 bits per heavy atom. The summed E-state index contributed by atoms with van der Waals surface area (Å²) in [5.74, 6) is -1.80. The smallest absolute Gasteiger partial charge is 0.410 e. The fourth-order valence-electron chi connectivity index (χ4n) is 4.01. The van der Waals surface area contributed by atoms with Crippen LogP contribution >= 0.6 is 11.3 Å². The third kappa shape index (κ3) is 6.04. The molecule has 7 nitrogen and oxygen atoms in total. The number of carbonyl (C=O) groups is 1. The Balaban J connectivity index is 1.36. The summed E-state index contributed by atoms with van der Waals surface area (Å²) in [6, 6.07) is 4.39. The van der Waals surface area contributed by atoms with Crippen LogP contribution in [0.3, 0.4) is 0 Å². The molecule has 0 unspecified atom stereocenters. The quantitative estimate of drug-likeness (QED) is 0.201. The van der Waals surface area contributed by atoms with Crippen molar-refractivity contribution >= 4 is 29.0 Å². The second-order valence-corrected chi connectivity index (χ2v) is 9.40. The number of nitrogens with zero attached hydrogens (tertiary/aromatic N) is 5. The molecular formula is C24H22F5N5O2S. The molecule has 1 aromatic carbocycles. The fraction of sp³-hybridized carbons (Fsp3) is 0.333. The molecule has 1 fully saturated rings. The molecule has 37 heavy (non-hydrogen) atoms. The highest BCUT2D eigenvalue weighted by atomic mass is 32.1. The molecule has 0 spiro atoms. The highest BCUT2D eigenvalue weighted by molar-refractivity contribution is 7.10. The number of halogens is 5. The first-order valence-electron chi connectivity index (χ1n) is 11.3. The van der Waals surface area contributed by atoms with E-state index in [1.165, 1.54) is 36.5 Å². The number of likely N-dealkylation sites (tertiary alicyclic amines) is 1. The van der Waals surface area contributed by atoms with E-state index < -0.39 is 23.5 Å². The highest BCUT2D eigenvalue weighted by Crippen LogP contribution is 2.31. The first-order valence-corrected chi connectivity index (χ1v) is 12.1. The molecule has 0 aliphatic carbocycles. The fourth-order valence-corrected chi connectivity index (χ4v) is 4.99. The van der Waals surface area contributed by atoms with Crippen LogP contribution in [0.1, 0.15) is 46.4 Å². The van der Waals surface area contributed by atoms with E-state index in [-0.39, 0.29) is 35.3 Å². The predicted molar refractivity (Wildman–Crippen MR) is 126 cm³/mol. The standard InChI is InChI=1S/C24H22F5N5O2S/c1-14-11-21(24(27,28)29)31-34(14)12-22(35)33-9-7-15(8-10-33)23-30-20(13-37-23)19(32-36)6-5-16-17(25)3-2-4-18(16)26/h2-6,11,13,15,36H,7-10,12H2,1H3/b6-5+,32-19-. The van der Waals surface area contributed by atoms with Crippen molar-refractivity contribution in [3.63, 3.8) is 0 Å². The molecule has 0 bridgehead atoms. The van der Waals surface area contributed by atoms with Crippen molar-refractivity contribution in [2.75, 3.05) is 13.1 Å². The van der Waals surface area contributed by atoms with Crippen molar-refractivity contribution < 1.29 is 32.0 Å². The summed E-state index contributed by atoms with van der Waals surface area (Å²) in [4.78, 5) is 18.7. The van der Waals surface area contributed by atoms with Gasteiger partial charge in [0, 0.05) is 35.6 Å². The third-order valence-corrected chi connectivity index (χ3v) is 7.06. The highest BCUT2D eigenvalue weighted by Gasteiger charge is 2.35. The van der Waals surface area contributed by atoms with Gasteiger partial charge in [0.2, 0.25) is 5.91 Å². The van der Waals surface area contributed by atoms with Gasteiger partial charge in [0.15, 0.2) is 5.69 Å². The number of piperidine rings is 1. The second-order valence-electron chi connectivity index (χ2n) is 8.51. The number of allylic oxidation sites excluding steroid dienone is 1. The third-order valence-electron chi connectivity index (χ3n) is 6.05. The van der Waals surface area contributed by atoms with Crippen LogP contribution in [0.5, 0.6) is 0 Å². The summed E-state index contributed by atoms with van der Waals surface area (Å²) in [6.07, 6.45) is -0.960. The first kappa shape index (κ1) is 26.5. The lowest BCUT2D eigenvalue weighted by molar-refractivity contribution is -0.142. The largest absolute Gasteiger partial charge is 0.435 e. The zero-order valence-corrected chi connectivity index (χ0v) is 20.4. The molecule has 3 aromatic rings. The van der Waals surface area contributed by atoms with Crippen LogP contribution in [-0.2, 0) is 17.5 Å². The van der Waals surface area contributed by atoms with Gasteiger partial charge in [0.05, 0.1) is 5.01 Å². The van der Waals surface area contributed by atoms with Gasteiger partial charge < -0.3 is 10.1 Å². The van der Waals surface area contributed by atoms with Crippen LogP contribution in [0.25, 0.3) is 6.08 Å².